The molecule has 3 aliphatic heterocycles. The van der Waals surface area contributed by atoms with Gasteiger partial charge in [0.25, 0.3) is 8.32 Å². The molecule has 3 aliphatic rings. The van der Waals surface area contributed by atoms with E-state index in [1.165, 1.54) is 15.9 Å². The molecule has 5 nitrogen and oxygen atoms in total. The average molecular weight is 758 g/mol. The van der Waals surface area contributed by atoms with E-state index in [2.05, 4.69) is 139 Å². The van der Waals surface area contributed by atoms with Gasteiger partial charge in [-0.2, -0.15) is 0 Å². The van der Waals surface area contributed by atoms with Crippen LogP contribution in [0, 0.1) is 5.92 Å². The smallest absolute Gasteiger partial charge is 0.264 e. The van der Waals surface area contributed by atoms with Crippen LogP contribution in [-0.4, -0.2) is 51.5 Å². The molecule has 5 rings (SSSR count). The minimum atomic E-state index is -2.83. The molecule has 0 N–H and O–H groups in total. The molecular formula is C40H61BrO5Si2. The second kappa shape index (κ2) is 14.9. The Bertz CT molecular complexity index is 1320. The Morgan fingerprint density at radius 3 is 2.02 bits per heavy atom. The summed E-state index contributed by atoms with van der Waals surface area (Å²) >= 11 is 3.60. The standard InChI is InChI=1S/C40H61BrO5Si2/c1-10-47(11-2,12-3)46-38(9)25-23-33(29-31(4)24-28-41)42-40(38)27-26-39(45-40)30-32(5)36(43-39)44-48(37(6,7)8,34-19-15-13-16-20-34)35-21-17-14-18-22-35/h13-22,32-33,36H,4,10-12,23-30H2,1-3,5-9H3. The van der Waals surface area contributed by atoms with Crippen LogP contribution in [0.1, 0.15) is 100 Å². The van der Waals surface area contributed by atoms with Gasteiger partial charge < -0.3 is 23.1 Å². The van der Waals surface area contributed by atoms with Gasteiger partial charge in [0.2, 0.25) is 0 Å². The van der Waals surface area contributed by atoms with Gasteiger partial charge in [0.05, 0.1) is 6.10 Å². The van der Waals surface area contributed by atoms with Crippen LogP contribution in [0.4, 0.5) is 0 Å². The largest absolute Gasteiger partial charge is 0.406 e. The number of rotatable bonds is 13. The van der Waals surface area contributed by atoms with Crippen molar-refractivity contribution in [1.29, 1.82) is 0 Å². The molecule has 6 unspecified atom stereocenters. The van der Waals surface area contributed by atoms with E-state index in [9.17, 15) is 0 Å². The molecule has 0 aliphatic carbocycles. The first-order valence-corrected chi connectivity index (χ1v) is 24.1. The van der Waals surface area contributed by atoms with Crippen molar-refractivity contribution in [3.63, 3.8) is 0 Å². The van der Waals surface area contributed by atoms with Crippen molar-refractivity contribution >= 4 is 42.9 Å². The Kier molecular flexibility index (Phi) is 11.8. The van der Waals surface area contributed by atoms with Crippen molar-refractivity contribution in [3.05, 3.63) is 72.8 Å². The van der Waals surface area contributed by atoms with E-state index in [1.54, 1.807) is 0 Å². The van der Waals surface area contributed by atoms with Gasteiger partial charge in [-0.05, 0) is 66.2 Å². The highest BCUT2D eigenvalue weighted by Crippen LogP contribution is 2.58. The highest BCUT2D eigenvalue weighted by atomic mass is 79.9. The predicted molar refractivity (Wildman–Crippen MR) is 206 cm³/mol. The maximum Gasteiger partial charge on any atom is 0.264 e. The van der Waals surface area contributed by atoms with Gasteiger partial charge in [-0.1, -0.05) is 137 Å². The molecule has 2 aromatic carbocycles. The van der Waals surface area contributed by atoms with Crippen molar-refractivity contribution in [3.8, 4) is 0 Å². The van der Waals surface area contributed by atoms with E-state index in [-0.39, 0.29) is 17.1 Å². The lowest BCUT2D eigenvalue weighted by Crippen LogP contribution is -2.68. The minimum absolute atomic E-state index is 0.0484. The van der Waals surface area contributed by atoms with Crippen molar-refractivity contribution in [2.75, 3.05) is 5.33 Å². The fraction of sp³-hybridized carbons (Fsp3) is 0.650. The van der Waals surface area contributed by atoms with Gasteiger partial charge in [-0.15, -0.1) is 0 Å². The Balaban J connectivity index is 1.49. The molecule has 0 radical (unpaired) electrons. The normalized spacial score (nSPS) is 31.1. The third-order valence-corrected chi connectivity index (χ3v) is 21.9. The number of benzene rings is 2. The summed E-state index contributed by atoms with van der Waals surface area (Å²) in [7, 11) is -4.82. The van der Waals surface area contributed by atoms with Crippen LogP contribution in [0.15, 0.2) is 72.8 Å². The van der Waals surface area contributed by atoms with Crippen LogP contribution in [0.5, 0.6) is 0 Å². The Labute approximate surface area is 301 Å². The Hall–Kier alpha value is -1.11. The number of ether oxygens (including phenoxy) is 3. The number of halogens is 1. The summed E-state index contributed by atoms with van der Waals surface area (Å²) in [5.41, 5.74) is 0.662. The summed E-state index contributed by atoms with van der Waals surface area (Å²) in [6.45, 7) is 22.8. The molecule has 2 aromatic rings. The first-order chi connectivity index (χ1) is 22.7. The summed E-state index contributed by atoms with van der Waals surface area (Å²) < 4.78 is 36.7. The van der Waals surface area contributed by atoms with Crippen molar-refractivity contribution in [2.45, 2.75) is 153 Å². The van der Waals surface area contributed by atoms with Gasteiger partial charge in [0.1, 0.15) is 5.60 Å². The van der Waals surface area contributed by atoms with Crippen LogP contribution in [0.25, 0.3) is 0 Å². The monoisotopic (exact) mass is 756 g/mol. The summed E-state index contributed by atoms with van der Waals surface area (Å²) in [6, 6.07) is 25.0. The van der Waals surface area contributed by atoms with Gasteiger partial charge in [0, 0.05) is 30.5 Å². The summed E-state index contributed by atoms with van der Waals surface area (Å²) in [5, 5.41) is 3.28. The molecule has 0 saturated carbocycles. The summed E-state index contributed by atoms with van der Waals surface area (Å²) in [5.74, 6) is -1.53. The SMILES string of the molecule is C=C(CCBr)CC1CCC(C)(O[Si](CC)(CC)CC)C2(CCC3(CC(C)C(O[Si](c4ccccc4)(c4ccccc4)C(C)(C)C)O3)O2)O1. The lowest BCUT2D eigenvalue weighted by molar-refractivity contribution is -0.388. The molecule has 6 atom stereocenters. The molecule has 48 heavy (non-hydrogen) atoms. The topological polar surface area (TPSA) is 46.2 Å². The number of alkyl halides is 1. The predicted octanol–water partition coefficient (Wildman–Crippen LogP) is 9.84. The lowest BCUT2D eigenvalue weighted by atomic mass is 9.82. The van der Waals surface area contributed by atoms with E-state index in [0.717, 1.165) is 68.4 Å². The van der Waals surface area contributed by atoms with Gasteiger partial charge in [-0.25, -0.2) is 0 Å². The zero-order valence-corrected chi connectivity index (χ0v) is 34.5. The molecule has 2 spiro atoms. The van der Waals surface area contributed by atoms with Crippen LogP contribution in [0.2, 0.25) is 23.2 Å². The molecule has 3 saturated heterocycles. The lowest BCUT2D eigenvalue weighted by Gasteiger charge is -2.54. The third kappa shape index (κ3) is 7.16. The van der Waals surface area contributed by atoms with Crippen LogP contribution < -0.4 is 10.4 Å². The minimum Gasteiger partial charge on any atom is -0.406 e. The van der Waals surface area contributed by atoms with Gasteiger partial charge in [-0.3, -0.25) is 0 Å². The molecule has 3 fully saturated rings. The highest BCUT2D eigenvalue weighted by Gasteiger charge is 2.67. The zero-order chi connectivity index (χ0) is 34.8. The van der Waals surface area contributed by atoms with Crippen molar-refractivity contribution < 1.29 is 23.1 Å². The van der Waals surface area contributed by atoms with Crippen molar-refractivity contribution in [2.24, 2.45) is 5.92 Å². The fourth-order valence-electron chi connectivity index (χ4n) is 8.76. The first kappa shape index (κ1) is 38.1. The highest BCUT2D eigenvalue weighted by molar-refractivity contribution is 9.09. The van der Waals surface area contributed by atoms with Crippen molar-refractivity contribution in [1.82, 2.24) is 0 Å². The number of hydrogen-bond donors (Lipinski definition) is 0. The van der Waals surface area contributed by atoms with E-state index < -0.39 is 40.1 Å². The quantitative estimate of drug-likeness (QED) is 0.116. The molecule has 0 amide bonds. The molecule has 0 aromatic heterocycles. The van der Waals surface area contributed by atoms with E-state index in [1.807, 2.05) is 0 Å². The first-order valence-electron chi connectivity index (χ1n) is 18.5. The van der Waals surface area contributed by atoms with Crippen LogP contribution >= 0.6 is 15.9 Å². The second-order valence-electron chi connectivity index (χ2n) is 16.0. The maximum absolute atomic E-state index is 7.55. The second-order valence-corrected chi connectivity index (χ2v) is 25.7. The molecule has 8 heteroatoms. The van der Waals surface area contributed by atoms with Gasteiger partial charge in [0.15, 0.2) is 26.2 Å². The molecule has 266 valence electrons. The van der Waals surface area contributed by atoms with E-state index >= 15 is 0 Å². The van der Waals surface area contributed by atoms with Gasteiger partial charge >= 0.3 is 0 Å². The van der Waals surface area contributed by atoms with Crippen LogP contribution in [0.3, 0.4) is 0 Å². The average Bonchev–Trinajstić information content (AvgIpc) is 3.58. The Morgan fingerprint density at radius 1 is 0.917 bits per heavy atom. The number of hydrogen-bond acceptors (Lipinski definition) is 5. The summed E-state index contributed by atoms with van der Waals surface area (Å²) in [6.07, 6.45) is 5.53. The van der Waals surface area contributed by atoms with E-state index in [0.29, 0.717) is 0 Å². The fourth-order valence-corrected chi connectivity index (χ4v) is 17.1. The Morgan fingerprint density at radius 2 is 1.50 bits per heavy atom. The van der Waals surface area contributed by atoms with Crippen LogP contribution in [-0.2, 0) is 23.1 Å². The third-order valence-electron chi connectivity index (χ3n) is 11.8. The molecular weight excluding hydrogens is 697 g/mol. The zero-order valence-electron chi connectivity index (χ0n) is 30.9. The molecule has 3 heterocycles. The maximum atomic E-state index is 7.55. The van der Waals surface area contributed by atoms with E-state index in [4.69, 9.17) is 23.1 Å². The summed E-state index contributed by atoms with van der Waals surface area (Å²) in [4.78, 5) is 0. The molecule has 0 bridgehead atoms.